The van der Waals surface area contributed by atoms with Crippen molar-refractivity contribution in [2.75, 3.05) is 26.2 Å². The highest BCUT2D eigenvalue weighted by molar-refractivity contribution is 5.79. The summed E-state index contributed by atoms with van der Waals surface area (Å²) in [5, 5.41) is 6.67. The van der Waals surface area contributed by atoms with Gasteiger partial charge in [-0.1, -0.05) is 30.3 Å². The van der Waals surface area contributed by atoms with E-state index in [1.54, 1.807) is 0 Å². The normalized spacial score (nSPS) is 25.1. The van der Waals surface area contributed by atoms with E-state index in [0.29, 0.717) is 12.6 Å². The number of carbonyl (C=O) groups is 1. The van der Waals surface area contributed by atoms with Crippen LogP contribution in [0.4, 0.5) is 0 Å². The van der Waals surface area contributed by atoms with Crippen LogP contribution in [0.5, 0.6) is 0 Å². The molecule has 1 heterocycles. The number of benzene rings is 1. The smallest absolute Gasteiger partial charge is 0.234 e. The molecule has 0 aromatic heterocycles. The molecular formula is C17H25N3O. The Balaban J connectivity index is 1.63. The summed E-state index contributed by atoms with van der Waals surface area (Å²) in [6.45, 7) is 5.58. The van der Waals surface area contributed by atoms with Crippen molar-refractivity contribution in [1.82, 2.24) is 15.5 Å². The van der Waals surface area contributed by atoms with Gasteiger partial charge in [0.05, 0.1) is 12.1 Å². The Bertz CT molecular complexity index is 484. The number of nitrogens with zero attached hydrogens (tertiary/aromatic N) is 1. The molecule has 2 fully saturated rings. The van der Waals surface area contributed by atoms with Gasteiger partial charge in [0, 0.05) is 25.7 Å². The van der Waals surface area contributed by atoms with Gasteiger partial charge in [0.1, 0.15) is 0 Å². The van der Waals surface area contributed by atoms with E-state index in [2.05, 4.69) is 46.7 Å². The molecule has 0 spiro atoms. The summed E-state index contributed by atoms with van der Waals surface area (Å²) in [4.78, 5) is 14.7. The maximum Gasteiger partial charge on any atom is 0.234 e. The first-order chi connectivity index (χ1) is 10.2. The van der Waals surface area contributed by atoms with Crippen molar-refractivity contribution in [3.05, 3.63) is 35.9 Å². The molecule has 4 heteroatoms. The first kappa shape index (κ1) is 14.5. The first-order valence-electron chi connectivity index (χ1n) is 8.01. The molecule has 3 rings (SSSR count). The van der Waals surface area contributed by atoms with E-state index in [1.807, 2.05) is 6.07 Å². The van der Waals surface area contributed by atoms with Crippen LogP contribution in [0.15, 0.2) is 30.3 Å². The zero-order valence-electron chi connectivity index (χ0n) is 12.8. The Hall–Kier alpha value is -1.39. The van der Waals surface area contributed by atoms with Crippen LogP contribution >= 0.6 is 0 Å². The lowest BCUT2D eigenvalue weighted by Crippen LogP contribution is -2.56. The van der Waals surface area contributed by atoms with Crippen molar-refractivity contribution in [3.63, 3.8) is 0 Å². The number of rotatable bonds is 4. The molecule has 1 aromatic rings. The van der Waals surface area contributed by atoms with Gasteiger partial charge in [-0.2, -0.15) is 0 Å². The predicted molar refractivity (Wildman–Crippen MR) is 84.0 cm³/mol. The summed E-state index contributed by atoms with van der Waals surface area (Å²) in [5.41, 5.74) is 1.13. The Kier molecular flexibility index (Phi) is 4.27. The second-order valence-corrected chi connectivity index (χ2v) is 6.37. The van der Waals surface area contributed by atoms with E-state index in [9.17, 15) is 4.79 Å². The molecule has 4 nitrogen and oxygen atoms in total. The standard InChI is InChI=1S/C17H25N3O/c1-14-12-18-10-11-20(14)13-16(21)19-17(8-5-9-17)15-6-3-2-4-7-15/h2-4,6-7,14,18H,5,8-13H2,1H3,(H,19,21)/t14-/m1/s1. The minimum absolute atomic E-state index is 0.115. The molecule has 0 unspecified atom stereocenters. The Labute approximate surface area is 126 Å². The van der Waals surface area contributed by atoms with Crippen molar-refractivity contribution in [3.8, 4) is 0 Å². The van der Waals surface area contributed by atoms with Crippen molar-refractivity contribution < 1.29 is 4.79 Å². The molecule has 1 amide bonds. The monoisotopic (exact) mass is 287 g/mol. The molecule has 1 aliphatic carbocycles. The van der Waals surface area contributed by atoms with E-state index < -0.39 is 0 Å². The van der Waals surface area contributed by atoms with Gasteiger partial charge < -0.3 is 10.6 Å². The molecule has 2 aliphatic rings. The second kappa shape index (κ2) is 6.16. The van der Waals surface area contributed by atoms with Gasteiger partial charge in [0.15, 0.2) is 0 Å². The molecule has 0 bridgehead atoms. The lowest BCUT2D eigenvalue weighted by Gasteiger charge is -2.44. The first-order valence-corrected chi connectivity index (χ1v) is 8.01. The molecule has 21 heavy (non-hydrogen) atoms. The Morgan fingerprint density at radius 3 is 2.76 bits per heavy atom. The minimum Gasteiger partial charge on any atom is -0.345 e. The maximum atomic E-state index is 12.5. The van der Waals surface area contributed by atoms with Gasteiger partial charge in [-0.05, 0) is 31.7 Å². The summed E-state index contributed by atoms with van der Waals surface area (Å²) < 4.78 is 0. The quantitative estimate of drug-likeness (QED) is 0.881. The SMILES string of the molecule is C[C@@H]1CNCCN1CC(=O)NC1(c2ccccc2)CCC1. The minimum atomic E-state index is -0.115. The lowest BCUT2D eigenvalue weighted by molar-refractivity contribution is -0.126. The van der Waals surface area contributed by atoms with Gasteiger partial charge in [0.2, 0.25) is 5.91 Å². The number of carbonyl (C=O) groups excluding carboxylic acids is 1. The van der Waals surface area contributed by atoms with Crippen molar-refractivity contribution in [2.45, 2.75) is 37.8 Å². The zero-order valence-corrected chi connectivity index (χ0v) is 12.8. The summed E-state index contributed by atoms with van der Waals surface area (Å²) in [6, 6.07) is 10.8. The van der Waals surface area contributed by atoms with Crippen LogP contribution in [0.25, 0.3) is 0 Å². The molecule has 1 aromatic carbocycles. The fourth-order valence-corrected chi connectivity index (χ4v) is 3.38. The molecule has 0 radical (unpaired) electrons. The number of amides is 1. The molecule has 114 valence electrons. The number of hydrogen-bond acceptors (Lipinski definition) is 3. The van der Waals surface area contributed by atoms with Crippen LogP contribution in [-0.4, -0.2) is 43.0 Å². The topological polar surface area (TPSA) is 44.4 Å². The third kappa shape index (κ3) is 3.11. The summed E-state index contributed by atoms with van der Waals surface area (Å²) in [6.07, 6.45) is 3.30. The molecular weight excluding hydrogens is 262 g/mol. The van der Waals surface area contributed by atoms with Crippen LogP contribution in [-0.2, 0) is 10.3 Å². The highest BCUT2D eigenvalue weighted by Crippen LogP contribution is 2.41. The van der Waals surface area contributed by atoms with Gasteiger partial charge in [0.25, 0.3) is 0 Å². The van der Waals surface area contributed by atoms with Crippen LogP contribution < -0.4 is 10.6 Å². The number of piperazine rings is 1. The van der Waals surface area contributed by atoms with Gasteiger partial charge in [-0.15, -0.1) is 0 Å². The lowest BCUT2D eigenvalue weighted by atomic mass is 9.72. The van der Waals surface area contributed by atoms with Crippen molar-refractivity contribution in [2.24, 2.45) is 0 Å². The third-order valence-corrected chi connectivity index (χ3v) is 4.90. The van der Waals surface area contributed by atoms with Gasteiger partial charge >= 0.3 is 0 Å². The largest absolute Gasteiger partial charge is 0.345 e. The van der Waals surface area contributed by atoms with E-state index >= 15 is 0 Å². The second-order valence-electron chi connectivity index (χ2n) is 6.37. The van der Waals surface area contributed by atoms with Crippen molar-refractivity contribution >= 4 is 5.91 Å². The van der Waals surface area contributed by atoms with Gasteiger partial charge in [-0.25, -0.2) is 0 Å². The zero-order chi connectivity index (χ0) is 14.7. The molecule has 1 aliphatic heterocycles. The van der Waals surface area contributed by atoms with Gasteiger partial charge in [-0.3, -0.25) is 9.69 Å². The fourth-order valence-electron chi connectivity index (χ4n) is 3.38. The number of nitrogens with one attached hydrogen (secondary N) is 2. The van der Waals surface area contributed by atoms with E-state index in [0.717, 1.165) is 32.5 Å². The van der Waals surface area contributed by atoms with E-state index in [4.69, 9.17) is 0 Å². The van der Waals surface area contributed by atoms with Crippen molar-refractivity contribution in [1.29, 1.82) is 0 Å². The predicted octanol–water partition coefficient (Wildman–Crippen LogP) is 1.48. The average molecular weight is 287 g/mol. The van der Waals surface area contributed by atoms with Crippen LogP contribution in [0.3, 0.4) is 0 Å². The van der Waals surface area contributed by atoms with E-state index in [-0.39, 0.29) is 11.4 Å². The van der Waals surface area contributed by atoms with E-state index in [1.165, 1.54) is 12.0 Å². The Morgan fingerprint density at radius 1 is 1.38 bits per heavy atom. The molecule has 1 saturated heterocycles. The fraction of sp³-hybridized carbons (Fsp3) is 0.588. The number of hydrogen-bond donors (Lipinski definition) is 2. The summed E-state index contributed by atoms with van der Waals surface area (Å²) in [5.74, 6) is 0.160. The highest BCUT2D eigenvalue weighted by atomic mass is 16.2. The highest BCUT2D eigenvalue weighted by Gasteiger charge is 2.40. The Morgan fingerprint density at radius 2 is 2.14 bits per heavy atom. The van der Waals surface area contributed by atoms with Crippen LogP contribution in [0.2, 0.25) is 0 Å². The molecule has 1 saturated carbocycles. The average Bonchev–Trinajstić information content (AvgIpc) is 2.46. The summed E-state index contributed by atoms with van der Waals surface area (Å²) >= 11 is 0. The van der Waals surface area contributed by atoms with Crippen LogP contribution in [0.1, 0.15) is 31.7 Å². The third-order valence-electron chi connectivity index (χ3n) is 4.90. The summed E-state index contributed by atoms with van der Waals surface area (Å²) in [7, 11) is 0. The maximum absolute atomic E-state index is 12.5. The van der Waals surface area contributed by atoms with Crippen LogP contribution in [0, 0.1) is 0 Å². The molecule has 1 atom stereocenters. The molecule has 2 N–H and O–H groups in total.